The maximum atomic E-state index is 9.87. The molecule has 2 atom stereocenters. The standard InChI is InChI=1S/C18H13ClN4S/c19-15-4-2-1-3-12(15)16-14-8-24-6-5-11(14)13(7-20)17(23)18(16,9-21)10-22/h1-5,14,16H,6,8,23H2/t14-,16+/m0/s1. The first kappa shape index (κ1) is 16.5. The molecular weight excluding hydrogens is 340 g/mol. The lowest BCUT2D eigenvalue weighted by Crippen LogP contribution is -2.43. The Balaban J connectivity index is 2.37. The molecule has 1 heterocycles. The Kier molecular flexibility index (Phi) is 4.29. The van der Waals surface area contributed by atoms with E-state index in [9.17, 15) is 15.8 Å². The summed E-state index contributed by atoms with van der Waals surface area (Å²) in [5, 5.41) is 29.8. The van der Waals surface area contributed by atoms with E-state index in [1.807, 2.05) is 18.2 Å². The van der Waals surface area contributed by atoms with Crippen molar-refractivity contribution >= 4 is 23.4 Å². The van der Waals surface area contributed by atoms with Crippen molar-refractivity contribution in [3.63, 3.8) is 0 Å². The van der Waals surface area contributed by atoms with E-state index in [1.54, 1.807) is 23.9 Å². The minimum absolute atomic E-state index is 0.0364. The predicted molar refractivity (Wildman–Crippen MR) is 93.6 cm³/mol. The van der Waals surface area contributed by atoms with Crippen LogP contribution in [0.4, 0.5) is 0 Å². The predicted octanol–water partition coefficient (Wildman–Crippen LogP) is 3.50. The number of benzene rings is 1. The van der Waals surface area contributed by atoms with Gasteiger partial charge in [-0.25, -0.2) is 0 Å². The van der Waals surface area contributed by atoms with Gasteiger partial charge in [0.1, 0.15) is 6.07 Å². The summed E-state index contributed by atoms with van der Waals surface area (Å²) in [4.78, 5) is 0. The lowest BCUT2D eigenvalue weighted by Gasteiger charge is -2.43. The number of thioether (sulfide) groups is 1. The molecule has 0 unspecified atom stereocenters. The molecule has 1 aliphatic carbocycles. The van der Waals surface area contributed by atoms with Crippen LogP contribution in [0.3, 0.4) is 0 Å². The maximum Gasteiger partial charge on any atom is 0.191 e. The molecule has 6 heteroatoms. The van der Waals surface area contributed by atoms with Gasteiger partial charge in [0.05, 0.1) is 23.4 Å². The molecular formula is C18H13ClN4S. The van der Waals surface area contributed by atoms with E-state index < -0.39 is 11.3 Å². The SMILES string of the molecule is N#CC1=C(N)C(C#N)(C#N)[C@H](c2ccccc2Cl)[C@H]2CSCC=C12. The molecule has 0 saturated heterocycles. The lowest BCUT2D eigenvalue weighted by atomic mass is 9.59. The summed E-state index contributed by atoms with van der Waals surface area (Å²) in [6.07, 6.45) is 1.98. The fourth-order valence-electron chi connectivity index (χ4n) is 3.56. The van der Waals surface area contributed by atoms with E-state index in [2.05, 4.69) is 18.2 Å². The topological polar surface area (TPSA) is 97.4 Å². The molecule has 0 radical (unpaired) electrons. The van der Waals surface area contributed by atoms with Gasteiger partial charge in [0.25, 0.3) is 0 Å². The number of rotatable bonds is 1. The Morgan fingerprint density at radius 1 is 1.21 bits per heavy atom. The molecule has 1 aliphatic heterocycles. The fourth-order valence-corrected chi connectivity index (χ4v) is 4.87. The summed E-state index contributed by atoms with van der Waals surface area (Å²) in [6, 6.07) is 13.5. The Morgan fingerprint density at radius 2 is 1.92 bits per heavy atom. The molecule has 1 aromatic rings. The highest BCUT2D eigenvalue weighted by Gasteiger charge is 2.54. The Hall–Kier alpha value is -2.39. The highest BCUT2D eigenvalue weighted by atomic mass is 35.5. The first-order valence-corrected chi connectivity index (χ1v) is 8.89. The van der Waals surface area contributed by atoms with Crippen LogP contribution in [0.15, 0.2) is 47.2 Å². The molecule has 2 aliphatic rings. The Bertz CT molecular complexity index is 868. The van der Waals surface area contributed by atoms with Crippen molar-refractivity contribution in [3.05, 3.63) is 57.8 Å². The number of nitrogens with two attached hydrogens (primary N) is 1. The highest BCUT2D eigenvalue weighted by Crippen LogP contribution is 2.55. The summed E-state index contributed by atoms with van der Waals surface area (Å²) in [5.74, 6) is 0.846. The van der Waals surface area contributed by atoms with Crippen LogP contribution in [-0.2, 0) is 0 Å². The molecule has 3 rings (SSSR count). The average Bonchev–Trinajstić information content (AvgIpc) is 2.62. The van der Waals surface area contributed by atoms with E-state index in [-0.39, 0.29) is 17.2 Å². The average molecular weight is 353 g/mol. The highest BCUT2D eigenvalue weighted by molar-refractivity contribution is 7.99. The van der Waals surface area contributed by atoms with Gasteiger partial charge in [0, 0.05) is 28.4 Å². The monoisotopic (exact) mass is 352 g/mol. The summed E-state index contributed by atoms with van der Waals surface area (Å²) in [7, 11) is 0. The van der Waals surface area contributed by atoms with Gasteiger partial charge in [-0.15, -0.1) is 0 Å². The van der Waals surface area contributed by atoms with Crippen molar-refractivity contribution < 1.29 is 0 Å². The van der Waals surface area contributed by atoms with Crippen molar-refractivity contribution in [2.24, 2.45) is 17.1 Å². The van der Waals surface area contributed by atoms with Gasteiger partial charge in [0.15, 0.2) is 5.41 Å². The van der Waals surface area contributed by atoms with Crippen LogP contribution in [-0.4, -0.2) is 11.5 Å². The van der Waals surface area contributed by atoms with Crippen LogP contribution in [0.1, 0.15) is 11.5 Å². The minimum Gasteiger partial charge on any atom is -0.399 e. The van der Waals surface area contributed by atoms with E-state index >= 15 is 0 Å². The van der Waals surface area contributed by atoms with Gasteiger partial charge in [-0.05, 0) is 17.2 Å². The quantitative estimate of drug-likeness (QED) is 0.834. The van der Waals surface area contributed by atoms with Crippen molar-refractivity contribution in [1.82, 2.24) is 0 Å². The second-order valence-electron chi connectivity index (χ2n) is 5.73. The van der Waals surface area contributed by atoms with Crippen LogP contribution >= 0.6 is 23.4 Å². The second kappa shape index (κ2) is 6.25. The fraction of sp³-hybridized carbons (Fsp3) is 0.278. The number of nitrogens with zero attached hydrogens (tertiary/aromatic N) is 3. The lowest BCUT2D eigenvalue weighted by molar-refractivity contribution is 0.368. The van der Waals surface area contributed by atoms with Gasteiger partial charge in [-0.3, -0.25) is 0 Å². The molecule has 0 amide bonds. The zero-order chi connectivity index (χ0) is 17.3. The second-order valence-corrected chi connectivity index (χ2v) is 7.22. The Morgan fingerprint density at radius 3 is 2.54 bits per heavy atom. The molecule has 1 aromatic carbocycles. The van der Waals surface area contributed by atoms with Crippen LogP contribution in [0, 0.1) is 45.3 Å². The van der Waals surface area contributed by atoms with Crippen molar-refractivity contribution in [2.45, 2.75) is 5.92 Å². The number of hydrogen-bond donors (Lipinski definition) is 1. The van der Waals surface area contributed by atoms with Crippen LogP contribution in [0.5, 0.6) is 0 Å². The van der Waals surface area contributed by atoms with E-state index in [0.29, 0.717) is 10.8 Å². The number of hydrogen-bond acceptors (Lipinski definition) is 5. The first-order valence-electron chi connectivity index (χ1n) is 7.36. The minimum atomic E-state index is -1.60. The molecule has 118 valence electrons. The summed E-state index contributed by atoms with van der Waals surface area (Å²) < 4.78 is 0. The largest absolute Gasteiger partial charge is 0.399 e. The number of allylic oxidation sites excluding steroid dienone is 3. The van der Waals surface area contributed by atoms with E-state index in [0.717, 1.165) is 16.9 Å². The van der Waals surface area contributed by atoms with E-state index in [1.165, 1.54) is 0 Å². The van der Waals surface area contributed by atoms with Gasteiger partial charge >= 0.3 is 0 Å². The normalized spacial score (nSPS) is 24.8. The third-order valence-corrected chi connectivity index (χ3v) is 6.02. The molecule has 2 N–H and O–H groups in total. The van der Waals surface area contributed by atoms with Crippen LogP contribution in [0.2, 0.25) is 5.02 Å². The zero-order valence-electron chi connectivity index (χ0n) is 12.7. The maximum absolute atomic E-state index is 9.87. The number of nitriles is 3. The third-order valence-electron chi connectivity index (χ3n) is 4.67. The van der Waals surface area contributed by atoms with Crippen molar-refractivity contribution in [2.75, 3.05) is 11.5 Å². The molecule has 0 spiro atoms. The molecule has 0 fully saturated rings. The molecule has 0 saturated carbocycles. The summed E-state index contributed by atoms with van der Waals surface area (Å²) in [6.45, 7) is 0. The van der Waals surface area contributed by atoms with E-state index in [4.69, 9.17) is 17.3 Å². The molecule has 0 bridgehead atoms. The van der Waals surface area contributed by atoms with Crippen molar-refractivity contribution in [3.8, 4) is 18.2 Å². The first-order chi connectivity index (χ1) is 11.6. The van der Waals surface area contributed by atoms with Gasteiger partial charge in [0.2, 0.25) is 0 Å². The summed E-state index contributed by atoms with van der Waals surface area (Å²) in [5.41, 5.74) is 6.46. The van der Waals surface area contributed by atoms with Crippen LogP contribution < -0.4 is 5.73 Å². The molecule has 24 heavy (non-hydrogen) atoms. The van der Waals surface area contributed by atoms with Gasteiger partial charge in [-0.1, -0.05) is 35.9 Å². The van der Waals surface area contributed by atoms with Crippen LogP contribution in [0.25, 0.3) is 0 Å². The van der Waals surface area contributed by atoms with Gasteiger partial charge < -0.3 is 5.73 Å². The molecule has 0 aromatic heterocycles. The molecule has 4 nitrogen and oxygen atoms in total. The van der Waals surface area contributed by atoms with Gasteiger partial charge in [-0.2, -0.15) is 27.5 Å². The third kappa shape index (κ3) is 2.20. The number of halogens is 1. The zero-order valence-corrected chi connectivity index (χ0v) is 14.2. The number of fused-ring (bicyclic) bond motifs is 1. The Labute approximate surface area is 149 Å². The smallest absolute Gasteiger partial charge is 0.191 e. The van der Waals surface area contributed by atoms with Crippen molar-refractivity contribution in [1.29, 1.82) is 15.8 Å². The summed E-state index contributed by atoms with van der Waals surface area (Å²) >= 11 is 8.09.